The highest BCUT2D eigenvalue weighted by atomic mass is 32.2. The summed E-state index contributed by atoms with van der Waals surface area (Å²) in [6.45, 7) is 4.80. The molecule has 1 aromatic heterocycles. The molecule has 0 bridgehead atoms. The van der Waals surface area contributed by atoms with Gasteiger partial charge in [0.15, 0.2) is 0 Å². The largest absolute Gasteiger partial charge is 0.497 e. The summed E-state index contributed by atoms with van der Waals surface area (Å²) < 4.78 is 39.8. The maximum absolute atomic E-state index is 13.0. The molecule has 1 fully saturated rings. The minimum atomic E-state index is -3.47. The zero-order chi connectivity index (χ0) is 20.6. The van der Waals surface area contributed by atoms with Crippen molar-refractivity contribution in [1.29, 1.82) is 0 Å². The van der Waals surface area contributed by atoms with Gasteiger partial charge in [-0.15, -0.1) is 0 Å². The van der Waals surface area contributed by atoms with Crippen molar-refractivity contribution in [2.24, 2.45) is 0 Å². The molecule has 0 atom stereocenters. The third kappa shape index (κ3) is 4.10. The van der Waals surface area contributed by atoms with Gasteiger partial charge in [0.25, 0.3) is 5.19 Å². The molecule has 0 N–H and O–H groups in total. The normalized spacial score (nSPS) is 16.2. The Kier molecular flexibility index (Phi) is 5.50. The molecular formula is C21H24N2O4S2. The van der Waals surface area contributed by atoms with E-state index in [2.05, 4.69) is 4.98 Å². The number of aromatic nitrogens is 1. The number of fused-ring (bicyclic) bond motifs is 1. The van der Waals surface area contributed by atoms with Gasteiger partial charge in [0.2, 0.25) is 10.0 Å². The van der Waals surface area contributed by atoms with E-state index in [0.717, 1.165) is 27.1 Å². The summed E-state index contributed by atoms with van der Waals surface area (Å²) in [6, 6.07) is 11.1. The van der Waals surface area contributed by atoms with Crippen LogP contribution in [0.2, 0.25) is 0 Å². The number of methoxy groups -OCH3 is 1. The van der Waals surface area contributed by atoms with Crippen molar-refractivity contribution in [3.8, 4) is 10.9 Å². The van der Waals surface area contributed by atoms with Crippen molar-refractivity contribution in [2.45, 2.75) is 37.7 Å². The predicted molar refractivity (Wildman–Crippen MR) is 114 cm³/mol. The molecule has 0 radical (unpaired) electrons. The van der Waals surface area contributed by atoms with E-state index in [1.807, 2.05) is 38.1 Å². The smallest absolute Gasteiger partial charge is 0.274 e. The maximum atomic E-state index is 13.0. The molecule has 2 aromatic carbocycles. The quantitative estimate of drug-likeness (QED) is 0.606. The van der Waals surface area contributed by atoms with Gasteiger partial charge in [0.05, 0.1) is 22.2 Å². The molecule has 0 saturated carbocycles. The van der Waals surface area contributed by atoms with Gasteiger partial charge in [-0.3, -0.25) is 0 Å². The minimum Gasteiger partial charge on any atom is -0.497 e. The molecule has 1 aliphatic heterocycles. The first-order valence-corrected chi connectivity index (χ1v) is 11.8. The number of ether oxygens (including phenoxy) is 2. The molecule has 29 heavy (non-hydrogen) atoms. The van der Waals surface area contributed by atoms with Crippen LogP contribution < -0.4 is 9.47 Å². The van der Waals surface area contributed by atoms with Gasteiger partial charge in [-0.2, -0.15) is 4.31 Å². The van der Waals surface area contributed by atoms with Crippen molar-refractivity contribution >= 4 is 31.6 Å². The SMILES string of the molecule is COc1ccc2sc(OC3CCN(S(=O)(=O)c4ccc(C)c(C)c4)CC3)nc2c1. The Labute approximate surface area is 175 Å². The van der Waals surface area contributed by atoms with Crippen molar-refractivity contribution in [1.82, 2.24) is 9.29 Å². The van der Waals surface area contributed by atoms with E-state index in [-0.39, 0.29) is 6.10 Å². The maximum Gasteiger partial charge on any atom is 0.274 e. The first-order chi connectivity index (χ1) is 13.9. The van der Waals surface area contributed by atoms with E-state index in [1.165, 1.54) is 11.3 Å². The Morgan fingerprint density at radius 2 is 1.83 bits per heavy atom. The van der Waals surface area contributed by atoms with Gasteiger partial charge in [-0.05, 0) is 62.1 Å². The van der Waals surface area contributed by atoms with E-state index in [9.17, 15) is 8.42 Å². The molecular weight excluding hydrogens is 408 g/mol. The number of nitrogens with zero attached hydrogens (tertiary/aromatic N) is 2. The third-order valence-corrected chi connectivity index (χ3v) is 8.18. The third-order valence-electron chi connectivity index (χ3n) is 5.36. The number of hydrogen-bond acceptors (Lipinski definition) is 6. The highest BCUT2D eigenvalue weighted by molar-refractivity contribution is 7.89. The van der Waals surface area contributed by atoms with Crippen LogP contribution in [0.5, 0.6) is 10.9 Å². The van der Waals surface area contributed by atoms with E-state index in [1.54, 1.807) is 23.5 Å². The first-order valence-electron chi connectivity index (χ1n) is 9.55. The van der Waals surface area contributed by atoms with E-state index in [4.69, 9.17) is 9.47 Å². The molecule has 4 rings (SSSR count). The second-order valence-electron chi connectivity index (χ2n) is 7.28. The average Bonchev–Trinajstić information content (AvgIpc) is 3.11. The number of aryl methyl sites for hydroxylation is 2. The lowest BCUT2D eigenvalue weighted by Crippen LogP contribution is -2.41. The molecule has 3 aromatic rings. The average molecular weight is 433 g/mol. The van der Waals surface area contributed by atoms with Gasteiger partial charge in [0.1, 0.15) is 11.9 Å². The molecule has 6 nitrogen and oxygen atoms in total. The van der Waals surface area contributed by atoms with Crippen LogP contribution in [0, 0.1) is 13.8 Å². The van der Waals surface area contributed by atoms with E-state index < -0.39 is 10.0 Å². The fourth-order valence-electron chi connectivity index (χ4n) is 3.42. The standard InChI is InChI=1S/C21H24N2O4S2/c1-14-4-6-18(12-15(14)2)29(24,25)23-10-8-16(9-11-23)27-21-22-19-13-17(26-3)5-7-20(19)28-21/h4-7,12-13,16H,8-11H2,1-3H3. The summed E-state index contributed by atoms with van der Waals surface area (Å²) in [5.74, 6) is 0.763. The molecule has 0 amide bonds. The lowest BCUT2D eigenvalue weighted by Gasteiger charge is -2.30. The van der Waals surface area contributed by atoms with Crippen LogP contribution >= 0.6 is 11.3 Å². The predicted octanol–water partition coefficient (Wildman–Crippen LogP) is 4.15. The van der Waals surface area contributed by atoms with Crippen molar-refractivity contribution in [3.05, 3.63) is 47.5 Å². The molecule has 0 aliphatic carbocycles. The summed E-state index contributed by atoms with van der Waals surface area (Å²) in [7, 11) is -1.85. The van der Waals surface area contributed by atoms with E-state index >= 15 is 0 Å². The number of piperidine rings is 1. The molecule has 8 heteroatoms. The number of benzene rings is 2. The van der Waals surface area contributed by atoms with Crippen LogP contribution in [-0.2, 0) is 10.0 Å². The molecule has 154 valence electrons. The van der Waals surface area contributed by atoms with Crippen LogP contribution in [-0.4, -0.2) is 44.0 Å². The van der Waals surface area contributed by atoms with Gasteiger partial charge in [-0.1, -0.05) is 17.4 Å². The summed E-state index contributed by atoms with van der Waals surface area (Å²) >= 11 is 1.50. The van der Waals surface area contributed by atoms with E-state index in [0.29, 0.717) is 36.0 Å². The van der Waals surface area contributed by atoms with Crippen molar-refractivity contribution in [2.75, 3.05) is 20.2 Å². The minimum absolute atomic E-state index is 0.0383. The van der Waals surface area contributed by atoms with Crippen LogP contribution in [0.3, 0.4) is 0 Å². The van der Waals surface area contributed by atoms with Crippen LogP contribution in [0.15, 0.2) is 41.3 Å². The fourth-order valence-corrected chi connectivity index (χ4v) is 5.84. The number of sulfonamides is 1. The highest BCUT2D eigenvalue weighted by Gasteiger charge is 2.30. The van der Waals surface area contributed by atoms with Crippen molar-refractivity contribution in [3.63, 3.8) is 0 Å². The van der Waals surface area contributed by atoms with Crippen LogP contribution in [0.25, 0.3) is 10.2 Å². The van der Waals surface area contributed by atoms with Crippen LogP contribution in [0.4, 0.5) is 0 Å². The topological polar surface area (TPSA) is 68.7 Å². The second kappa shape index (κ2) is 7.93. The summed E-state index contributed by atoms with van der Waals surface area (Å²) in [4.78, 5) is 4.89. The van der Waals surface area contributed by atoms with Gasteiger partial charge >= 0.3 is 0 Å². The van der Waals surface area contributed by atoms with Gasteiger partial charge < -0.3 is 9.47 Å². The Bertz CT molecular complexity index is 1130. The zero-order valence-corrected chi connectivity index (χ0v) is 18.3. The molecule has 0 spiro atoms. The first kappa shape index (κ1) is 20.1. The number of hydrogen-bond donors (Lipinski definition) is 0. The van der Waals surface area contributed by atoms with Gasteiger partial charge in [0, 0.05) is 19.2 Å². The Morgan fingerprint density at radius 3 is 2.52 bits per heavy atom. The lowest BCUT2D eigenvalue weighted by molar-refractivity contribution is 0.135. The number of rotatable bonds is 5. The number of thiazole rings is 1. The highest BCUT2D eigenvalue weighted by Crippen LogP contribution is 2.32. The van der Waals surface area contributed by atoms with Crippen LogP contribution in [0.1, 0.15) is 24.0 Å². The molecule has 1 saturated heterocycles. The zero-order valence-electron chi connectivity index (χ0n) is 16.7. The fraction of sp³-hybridized carbons (Fsp3) is 0.381. The molecule has 2 heterocycles. The summed E-state index contributed by atoms with van der Waals surface area (Å²) in [5, 5.41) is 0.615. The summed E-state index contributed by atoms with van der Waals surface area (Å²) in [6.07, 6.45) is 1.25. The molecule has 0 unspecified atom stereocenters. The Morgan fingerprint density at radius 1 is 1.07 bits per heavy atom. The Balaban J connectivity index is 1.42. The summed E-state index contributed by atoms with van der Waals surface area (Å²) in [5.41, 5.74) is 2.92. The molecule has 1 aliphatic rings. The Hall–Kier alpha value is -2.16. The van der Waals surface area contributed by atoms with Gasteiger partial charge in [-0.25, -0.2) is 13.4 Å². The second-order valence-corrected chi connectivity index (χ2v) is 10.2. The monoisotopic (exact) mass is 432 g/mol. The lowest BCUT2D eigenvalue weighted by atomic mass is 10.1. The van der Waals surface area contributed by atoms with Crippen molar-refractivity contribution < 1.29 is 17.9 Å².